The van der Waals surface area contributed by atoms with E-state index in [1.165, 1.54) is 0 Å². The van der Waals surface area contributed by atoms with E-state index in [2.05, 4.69) is 31.4 Å². The number of urea groups is 1. The van der Waals surface area contributed by atoms with Crippen molar-refractivity contribution in [3.63, 3.8) is 0 Å². The molecule has 6 nitrogen and oxygen atoms in total. The Kier molecular flexibility index (Phi) is 8.99. The molecule has 1 aromatic rings. The maximum absolute atomic E-state index is 12.7. The Morgan fingerprint density at radius 2 is 1.72 bits per heavy atom. The Bertz CT molecular complexity index is 693. The molecule has 0 bridgehead atoms. The van der Waals surface area contributed by atoms with Gasteiger partial charge in [-0.3, -0.25) is 4.79 Å². The normalized spacial score (nSPS) is 12.5. The number of carbonyl (C=O) groups is 2. The minimum absolute atomic E-state index is 0.00261. The van der Waals surface area contributed by atoms with Crippen molar-refractivity contribution in [3.8, 4) is 0 Å². The number of benzene rings is 1. The fraction of sp³-hybridized carbons (Fsp3) is 0.652. The van der Waals surface area contributed by atoms with Gasteiger partial charge in [0, 0.05) is 51.0 Å². The van der Waals surface area contributed by atoms with Crippen LogP contribution in [0.4, 0.5) is 16.2 Å². The lowest BCUT2D eigenvalue weighted by atomic mass is 9.92. The van der Waals surface area contributed by atoms with E-state index >= 15 is 0 Å². The molecule has 0 aliphatic rings. The Hall–Kier alpha value is -2.24. The van der Waals surface area contributed by atoms with Crippen molar-refractivity contribution in [2.75, 3.05) is 30.9 Å². The van der Waals surface area contributed by atoms with Gasteiger partial charge in [0.2, 0.25) is 5.91 Å². The second-order valence-corrected chi connectivity index (χ2v) is 9.47. The van der Waals surface area contributed by atoms with Crippen LogP contribution in [0, 0.1) is 11.3 Å². The molecule has 0 aliphatic heterocycles. The molecule has 1 atom stereocenters. The number of rotatable bonds is 8. The third-order valence-corrected chi connectivity index (χ3v) is 4.92. The van der Waals surface area contributed by atoms with Crippen LogP contribution in [-0.2, 0) is 11.3 Å². The second-order valence-electron chi connectivity index (χ2n) is 9.47. The SMILES string of the molecule is CCNC(=O)N(Cc1cc(NC(=O)CC(C)(C)C)ccc1N(C)C)[C@@H](C)C(C)C. The van der Waals surface area contributed by atoms with Crippen LogP contribution in [0.2, 0.25) is 0 Å². The maximum Gasteiger partial charge on any atom is 0.317 e. The number of nitrogens with one attached hydrogen (secondary N) is 2. The van der Waals surface area contributed by atoms with Gasteiger partial charge in [0.15, 0.2) is 0 Å². The average Bonchev–Trinajstić information content (AvgIpc) is 2.57. The lowest BCUT2D eigenvalue weighted by molar-refractivity contribution is -0.117. The van der Waals surface area contributed by atoms with Crippen LogP contribution in [0.3, 0.4) is 0 Å². The van der Waals surface area contributed by atoms with Crippen LogP contribution in [-0.4, -0.2) is 43.5 Å². The summed E-state index contributed by atoms with van der Waals surface area (Å²) in [6.07, 6.45) is 0.452. The number of nitrogens with zero attached hydrogens (tertiary/aromatic N) is 2. The zero-order valence-electron chi connectivity index (χ0n) is 19.7. The van der Waals surface area contributed by atoms with Gasteiger partial charge >= 0.3 is 6.03 Å². The molecule has 1 rings (SSSR count). The van der Waals surface area contributed by atoms with Gasteiger partial charge < -0.3 is 20.4 Å². The van der Waals surface area contributed by atoms with Gasteiger partial charge in [0.1, 0.15) is 0 Å². The van der Waals surface area contributed by atoms with Crippen LogP contribution < -0.4 is 15.5 Å². The standard InChI is InChI=1S/C23H40N4O2/c1-10-24-22(29)27(17(4)16(2)3)15-18-13-19(11-12-20(18)26(8)9)25-21(28)14-23(5,6)7/h11-13,16-17H,10,14-15H2,1-9H3,(H,24,29)(H,25,28)/t17-/m0/s1. The van der Waals surface area contributed by atoms with Crippen molar-refractivity contribution in [2.45, 2.75) is 67.5 Å². The van der Waals surface area contributed by atoms with Crippen molar-refractivity contribution in [3.05, 3.63) is 23.8 Å². The van der Waals surface area contributed by atoms with Gasteiger partial charge in [-0.25, -0.2) is 4.79 Å². The van der Waals surface area contributed by atoms with Crippen molar-refractivity contribution in [1.82, 2.24) is 10.2 Å². The van der Waals surface area contributed by atoms with Crippen LogP contribution >= 0.6 is 0 Å². The first kappa shape index (κ1) is 24.8. The third kappa shape index (κ3) is 7.95. The molecule has 0 heterocycles. The maximum atomic E-state index is 12.7. The van der Waals surface area contributed by atoms with Crippen LogP contribution in [0.5, 0.6) is 0 Å². The van der Waals surface area contributed by atoms with E-state index in [1.807, 2.05) is 69.8 Å². The first-order chi connectivity index (χ1) is 13.4. The molecule has 0 aliphatic carbocycles. The van der Waals surface area contributed by atoms with Crippen LogP contribution in [0.1, 0.15) is 60.5 Å². The quantitative estimate of drug-likeness (QED) is 0.660. The zero-order valence-corrected chi connectivity index (χ0v) is 19.7. The molecule has 1 aromatic carbocycles. The Balaban J connectivity index is 3.20. The predicted molar refractivity (Wildman–Crippen MR) is 122 cm³/mol. The van der Waals surface area contributed by atoms with Crippen molar-refractivity contribution < 1.29 is 9.59 Å². The van der Waals surface area contributed by atoms with Crippen molar-refractivity contribution in [1.29, 1.82) is 0 Å². The molecule has 29 heavy (non-hydrogen) atoms. The molecule has 3 amide bonds. The van der Waals surface area contributed by atoms with E-state index in [9.17, 15) is 9.59 Å². The van der Waals surface area contributed by atoms with Gasteiger partial charge in [-0.05, 0) is 48.9 Å². The van der Waals surface area contributed by atoms with Crippen LogP contribution in [0.25, 0.3) is 0 Å². The van der Waals surface area contributed by atoms with E-state index in [-0.39, 0.29) is 23.4 Å². The molecule has 0 unspecified atom stereocenters. The lowest BCUT2D eigenvalue weighted by Crippen LogP contribution is -2.46. The Morgan fingerprint density at radius 3 is 2.21 bits per heavy atom. The molecule has 0 saturated heterocycles. The molecule has 0 fully saturated rings. The monoisotopic (exact) mass is 404 g/mol. The summed E-state index contributed by atoms with van der Waals surface area (Å²) in [5.41, 5.74) is 2.72. The van der Waals surface area contributed by atoms with Gasteiger partial charge in [-0.2, -0.15) is 0 Å². The first-order valence-electron chi connectivity index (χ1n) is 10.5. The number of amides is 3. The summed E-state index contributed by atoms with van der Waals surface area (Å²) in [7, 11) is 3.97. The van der Waals surface area contributed by atoms with Gasteiger partial charge in [-0.1, -0.05) is 34.6 Å². The number of hydrogen-bond acceptors (Lipinski definition) is 3. The number of carbonyl (C=O) groups excluding carboxylic acids is 2. The fourth-order valence-corrected chi connectivity index (χ4v) is 3.11. The van der Waals surface area contributed by atoms with Crippen molar-refractivity contribution >= 4 is 23.3 Å². The van der Waals surface area contributed by atoms with Crippen molar-refractivity contribution in [2.24, 2.45) is 11.3 Å². The molecule has 0 aromatic heterocycles. The van der Waals surface area contributed by atoms with Gasteiger partial charge in [-0.15, -0.1) is 0 Å². The summed E-state index contributed by atoms with van der Waals surface area (Å²) < 4.78 is 0. The summed E-state index contributed by atoms with van der Waals surface area (Å²) in [6, 6.07) is 5.91. The minimum atomic E-state index is -0.0712. The molecule has 2 N–H and O–H groups in total. The van der Waals surface area contributed by atoms with E-state index in [4.69, 9.17) is 0 Å². The largest absolute Gasteiger partial charge is 0.377 e. The Labute approximate surface area is 177 Å². The summed E-state index contributed by atoms with van der Waals surface area (Å²) >= 11 is 0. The summed E-state index contributed by atoms with van der Waals surface area (Å²) in [4.78, 5) is 29.0. The molecule has 0 spiro atoms. The molecule has 164 valence electrons. The third-order valence-electron chi connectivity index (χ3n) is 4.92. The zero-order chi connectivity index (χ0) is 22.4. The van der Waals surface area contributed by atoms with E-state index < -0.39 is 0 Å². The highest BCUT2D eigenvalue weighted by Crippen LogP contribution is 2.27. The number of anilines is 2. The molecular weight excluding hydrogens is 364 g/mol. The summed E-state index contributed by atoms with van der Waals surface area (Å²) in [5.74, 6) is 0.326. The highest BCUT2D eigenvalue weighted by molar-refractivity contribution is 5.91. The molecule has 0 radical (unpaired) electrons. The van der Waals surface area contributed by atoms with E-state index in [0.29, 0.717) is 25.4 Å². The molecule has 6 heteroatoms. The van der Waals surface area contributed by atoms with E-state index in [1.54, 1.807) is 0 Å². The smallest absolute Gasteiger partial charge is 0.317 e. The highest BCUT2D eigenvalue weighted by atomic mass is 16.2. The van der Waals surface area contributed by atoms with E-state index in [0.717, 1.165) is 16.9 Å². The summed E-state index contributed by atoms with van der Waals surface area (Å²) in [6.45, 7) is 15.4. The predicted octanol–water partition coefficient (Wildman–Crippen LogP) is 4.70. The lowest BCUT2D eigenvalue weighted by Gasteiger charge is -2.33. The fourth-order valence-electron chi connectivity index (χ4n) is 3.11. The molecular formula is C23H40N4O2. The van der Waals surface area contributed by atoms with Gasteiger partial charge in [0.25, 0.3) is 0 Å². The minimum Gasteiger partial charge on any atom is -0.377 e. The Morgan fingerprint density at radius 1 is 1.10 bits per heavy atom. The average molecular weight is 405 g/mol. The van der Waals surface area contributed by atoms with Gasteiger partial charge in [0.05, 0.1) is 0 Å². The van der Waals surface area contributed by atoms with Crippen LogP contribution in [0.15, 0.2) is 18.2 Å². The molecule has 0 saturated carbocycles. The topological polar surface area (TPSA) is 64.7 Å². The first-order valence-corrected chi connectivity index (χ1v) is 10.5. The number of hydrogen-bond donors (Lipinski definition) is 2. The highest BCUT2D eigenvalue weighted by Gasteiger charge is 2.24. The second kappa shape index (κ2) is 10.5. The summed E-state index contributed by atoms with van der Waals surface area (Å²) in [5, 5.41) is 5.93.